The van der Waals surface area contributed by atoms with Crippen molar-refractivity contribution in [3.05, 3.63) is 71.0 Å². The first-order valence-electron chi connectivity index (χ1n) is 7.41. The fourth-order valence-electron chi connectivity index (χ4n) is 2.29. The van der Waals surface area contributed by atoms with Gasteiger partial charge < -0.3 is 4.90 Å². The Morgan fingerprint density at radius 1 is 1.04 bits per heavy atom. The first-order valence-corrected chi connectivity index (χ1v) is 7.41. The third kappa shape index (κ3) is 4.81. The fourth-order valence-corrected chi connectivity index (χ4v) is 2.29. The number of amides is 1. The molecule has 0 radical (unpaired) electrons. The Hall–Kier alpha value is -2.37. The van der Waals surface area contributed by atoms with Crippen molar-refractivity contribution < 1.29 is 22.4 Å². The minimum Gasteiger partial charge on any atom is -0.341 e. The molecule has 0 fully saturated rings. The zero-order valence-electron chi connectivity index (χ0n) is 13.1. The zero-order chi connectivity index (χ0) is 17.7. The number of carbonyl (C=O) groups is 1. The molecule has 0 unspecified atom stereocenters. The zero-order valence-corrected chi connectivity index (χ0v) is 13.1. The van der Waals surface area contributed by atoms with E-state index in [1.54, 1.807) is 25.2 Å². The molecule has 0 bridgehead atoms. The number of alkyl halides is 3. The second kappa shape index (κ2) is 7.47. The normalized spacial score (nSPS) is 11.4. The van der Waals surface area contributed by atoms with E-state index in [0.717, 1.165) is 12.1 Å². The number of halogens is 4. The number of benzene rings is 2. The lowest BCUT2D eigenvalue weighted by Crippen LogP contribution is -2.26. The van der Waals surface area contributed by atoms with Gasteiger partial charge >= 0.3 is 6.18 Å². The lowest BCUT2D eigenvalue weighted by Gasteiger charge is -2.18. The summed E-state index contributed by atoms with van der Waals surface area (Å²) in [5, 5.41) is 0. The Labute approximate surface area is 137 Å². The van der Waals surface area contributed by atoms with Gasteiger partial charge in [-0.25, -0.2) is 4.39 Å². The summed E-state index contributed by atoms with van der Waals surface area (Å²) < 4.78 is 51.0. The van der Waals surface area contributed by atoms with Crippen LogP contribution in [0.4, 0.5) is 17.6 Å². The smallest absolute Gasteiger partial charge is 0.341 e. The van der Waals surface area contributed by atoms with Gasteiger partial charge in [0.05, 0.1) is 5.56 Å². The SMILES string of the molecule is CN(Cc1ccc(C(F)(F)F)cc1)C(=O)CCc1ccccc1F. The molecule has 0 aliphatic carbocycles. The lowest BCUT2D eigenvalue weighted by atomic mass is 10.1. The second-order valence-electron chi connectivity index (χ2n) is 5.54. The molecule has 6 heteroatoms. The largest absolute Gasteiger partial charge is 0.416 e. The van der Waals surface area contributed by atoms with Gasteiger partial charge in [-0.1, -0.05) is 30.3 Å². The molecule has 0 saturated carbocycles. The summed E-state index contributed by atoms with van der Waals surface area (Å²) >= 11 is 0. The van der Waals surface area contributed by atoms with Crippen molar-refractivity contribution in [2.75, 3.05) is 7.05 Å². The highest BCUT2D eigenvalue weighted by Crippen LogP contribution is 2.29. The van der Waals surface area contributed by atoms with Crippen LogP contribution in [0.15, 0.2) is 48.5 Å². The minimum atomic E-state index is -4.37. The molecule has 2 aromatic carbocycles. The van der Waals surface area contributed by atoms with Crippen LogP contribution in [0.5, 0.6) is 0 Å². The van der Waals surface area contributed by atoms with E-state index >= 15 is 0 Å². The molecule has 128 valence electrons. The molecule has 0 aliphatic heterocycles. The summed E-state index contributed by atoms with van der Waals surface area (Å²) in [5.41, 5.74) is 0.346. The molecule has 0 spiro atoms. The Kier molecular flexibility index (Phi) is 5.59. The molecule has 0 atom stereocenters. The number of carbonyl (C=O) groups excluding carboxylic acids is 1. The van der Waals surface area contributed by atoms with Gasteiger partial charge in [0.15, 0.2) is 0 Å². The third-order valence-electron chi connectivity index (χ3n) is 3.69. The van der Waals surface area contributed by atoms with Crippen LogP contribution in [0.2, 0.25) is 0 Å². The van der Waals surface area contributed by atoms with Crippen molar-refractivity contribution in [2.45, 2.75) is 25.6 Å². The van der Waals surface area contributed by atoms with Gasteiger partial charge in [-0.3, -0.25) is 4.79 Å². The van der Waals surface area contributed by atoms with E-state index in [9.17, 15) is 22.4 Å². The highest BCUT2D eigenvalue weighted by molar-refractivity contribution is 5.76. The predicted octanol–water partition coefficient (Wildman–Crippen LogP) is 4.44. The van der Waals surface area contributed by atoms with Gasteiger partial charge in [0, 0.05) is 20.0 Å². The standard InChI is InChI=1S/C18H17F4NO/c1-23(12-13-6-9-15(10-7-13)18(20,21)22)17(24)11-8-14-4-2-3-5-16(14)19/h2-7,9-10H,8,11-12H2,1H3. The topological polar surface area (TPSA) is 20.3 Å². The summed E-state index contributed by atoms with van der Waals surface area (Å²) in [4.78, 5) is 13.5. The van der Waals surface area contributed by atoms with Crippen molar-refractivity contribution in [2.24, 2.45) is 0 Å². The monoisotopic (exact) mass is 339 g/mol. The van der Waals surface area contributed by atoms with E-state index in [1.807, 2.05) is 0 Å². The average Bonchev–Trinajstić information content (AvgIpc) is 2.53. The minimum absolute atomic E-state index is 0.137. The number of hydrogen-bond acceptors (Lipinski definition) is 1. The van der Waals surface area contributed by atoms with Crippen molar-refractivity contribution in [3.8, 4) is 0 Å². The van der Waals surface area contributed by atoms with Crippen LogP contribution in [0.1, 0.15) is 23.1 Å². The Morgan fingerprint density at radius 2 is 1.67 bits per heavy atom. The highest BCUT2D eigenvalue weighted by atomic mass is 19.4. The molecule has 24 heavy (non-hydrogen) atoms. The highest BCUT2D eigenvalue weighted by Gasteiger charge is 2.29. The first kappa shape index (κ1) is 18.0. The second-order valence-corrected chi connectivity index (χ2v) is 5.54. The Bertz CT molecular complexity index is 695. The molecule has 0 saturated heterocycles. The summed E-state index contributed by atoms with van der Waals surface area (Å²) in [6.07, 6.45) is -3.96. The quantitative estimate of drug-likeness (QED) is 0.738. The summed E-state index contributed by atoms with van der Waals surface area (Å²) in [7, 11) is 1.57. The molecule has 0 aromatic heterocycles. The van der Waals surface area contributed by atoms with Crippen LogP contribution in [0, 0.1) is 5.82 Å². The van der Waals surface area contributed by atoms with Crippen LogP contribution in [-0.4, -0.2) is 17.9 Å². The third-order valence-corrected chi connectivity index (χ3v) is 3.69. The van der Waals surface area contributed by atoms with Crippen LogP contribution in [0.25, 0.3) is 0 Å². The van der Waals surface area contributed by atoms with Crippen LogP contribution < -0.4 is 0 Å². The van der Waals surface area contributed by atoms with Crippen molar-refractivity contribution in [1.29, 1.82) is 0 Å². The van der Waals surface area contributed by atoms with Gasteiger partial charge in [-0.05, 0) is 35.7 Å². The van der Waals surface area contributed by atoms with E-state index in [1.165, 1.54) is 23.1 Å². The summed E-state index contributed by atoms with van der Waals surface area (Å²) in [6.45, 7) is 0.203. The molecular formula is C18H17F4NO. The fraction of sp³-hybridized carbons (Fsp3) is 0.278. The number of rotatable bonds is 5. The lowest BCUT2D eigenvalue weighted by molar-refractivity contribution is -0.137. The Morgan fingerprint density at radius 3 is 2.25 bits per heavy atom. The van der Waals surface area contributed by atoms with E-state index in [2.05, 4.69) is 0 Å². The Balaban J connectivity index is 1.91. The first-order chi connectivity index (χ1) is 11.3. The van der Waals surface area contributed by atoms with E-state index in [4.69, 9.17) is 0 Å². The van der Waals surface area contributed by atoms with Gasteiger partial charge in [0.2, 0.25) is 5.91 Å². The van der Waals surface area contributed by atoms with Crippen LogP contribution >= 0.6 is 0 Å². The summed E-state index contributed by atoms with van der Waals surface area (Å²) in [6, 6.07) is 10.9. The van der Waals surface area contributed by atoms with E-state index in [-0.39, 0.29) is 31.1 Å². The van der Waals surface area contributed by atoms with Gasteiger partial charge in [0.1, 0.15) is 5.82 Å². The molecule has 0 heterocycles. The maximum absolute atomic E-state index is 13.5. The number of hydrogen-bond donors (Lipinski definition) is 0. The van der Waals surface area contributed by atoms with Gasteiger partial charge in [0.25, 0.3) is 0 Å². The number of aryl methyl sites for hydroxylation is 1. The molecule has 0 N–H and O–H groups in total. The van der Waals surface area contributed by atoms with Crippen molar-refractivity contribution in [3.63, 3.8) is 0 Å². The van der Waals surface area contributed by atoms with E-state index in [0.29, 0.717) is 11.1 Å². The van der Waals surface area contributed by atoms with Gasteiger partial charge in [-0.15, -0.1) is 0 Å². The average molecular weight is 339 g/mol. The van der Waals surface area contributed by atoms with Crippen molar-refractivity contribution >= 4 is 5.91 Å². The maximum Gasteiger partial charge on any atom is 0.416 e. The number of nitrogens with zero attached hydrogens (tertiary/aromatic N) is 1. The summed E-state index contributed by atoms with van der Waals surface area (Å²) in [5.74, 6) is -0.547. The molecular weight excluding hydrogens is 322 g/mol. The maximum atomic E-state index is 13.5. The van der Waals surface area contributed by atoms with Crippen LogP contribution in [0.3, 0.4) is 0 Å². The molecule has 2 aromatic rings. The van der Waals surface area contributed by atoms with Crippen LogP contribution in [-0.2, 0) is 23.9 Å². The molecule has 2 rings (SSSR count). The predicted molar refractivity (Wildman–Crippen MR) is 82.6 cm³/mol. The molecule has 0 aliphatic rings. The van der Waals surface area contributed by atoms with E-state index < -0.39 is 11.7 Å². The van der Waals surface area contributed by atoms with Gasteiger partial charge in [-0.2, -0.15) is 13.2 Å². The van der Waals surface area contributed by atoms with Crippen molar-refractivity contribution in [1.82, 2.24) is 4.90 Å². The molecule has 2 nitrogen and oxygen atoms in total. The molecule has 1 amide bonds.